The fraction of sp³-hybridized carbons (Fsp3) is 0.0714. The molecule has 5 nitrogen and oxygen atoms in total. The van der Waals surface area contributed by atoms with E-state index in [0.29, 0.717) is 5.56 Å². The van der Waals surface area contributed by atoms with E-state index in [1.54, 1.807) is 24.3 Å². The first-order valence-electron chi connectivity index (χ1n) is 5.80. The molecule has 0 unspecified atom stereocenters. The minimum absolute atomic E-state index is 0.636. The molecule has 0 aliphatic rings. The van der Waals surface area contributed by atoms with Gasteiger partial charge in [-0.3, -0.25) is 0 Å². The first-order chi connectivity index (χ1) is 9.51. The van der Waals surface area contributed by atoms with Gasteiger partial charge in [0.25, 0.3) is 0 Å². The number of benzene rings is 2. The first kappa shape index (κ1) is 15.7. The molecule has 102 valence electrons. The molecule has 0 aromatic heterocycles. The van der Waals surface area contributed by atoms with Gasteiger partial charge in [-0.05, 0) is 48.9 Å². The van der Waals surface area contributed by atoms with Crippen LogP contribution in [-0.2, 0) is 0 Å². The molecule has 6 heteroatoms. The van der Waals surface area contributed by atoms with E-state index in [1.165, 1.54) is 0 Å². The van der Waals surface area contributed by atoms with Gasteiger partial charge in [-0.1, -0.05) is 12.1 Å². The third kappa shape index (κ3) is 6.02. The highest BCUT2D eigenvalue weighted by Crippen LogP contribution is 2.22. The van der Waals surface area contributed by atoms with Gasteiger partial charge in [-0.2, -0.15) is 5.26 Å². The lowest BCUT2D eigenvalue weighted by Crippen LogP contribution is -2.07. The van der Waals surface area contributed by atoms with Gasteiger partial charge in [0.1, 0.15) is 11.5 Å². The Balaban J connectivity index is 0.000000444. The number of aryl methyl sites for hydroxylation is 1. The van der Waals surface area contributed by atoms with E-state index in [-0.39, 0.29) is 0 Å². The normalized spacial score (nSPS) is 8.95. The van der Waals surface area contributed by atoms with E-state index < -0.39 is 7.32 Å². The van der Waals surface area contributed by atoms with Crippen molar-refractivity contribution in [1.29, 1.82) is 5.26 Å². The summed E-state index contributed by atoms with van der Waals surface area (Å²) in [7, 11) is -2.17. The van der Waals surface area contributed by atoms with Crippen LogP contribution in [0, 0.1) is 18.3 Å². The van der Waals surface area contributed by atoms with Crippen LogP contribution in [0.2, 0.25) is 0 Å². The van der Waals surface area contributed by atoms with E-state index in [0.717, 1.165) is 17.1 Å². The molecule has 0 bridgehead atoms. The second-order valence-electron chi connectivity index (χ2n) is 3.90. The number of hydrogen-bond acceptors (Lipinski definition) is 5. The zero-order valence-electron chi connectivity index (χ0n) is 10.9. The van der Waals surface area contributed by atoms with Crippen LogP contribution in [0.5, 0.6) is 11.5 Å². The topological polar surface area (TPSA) is 93.7 Å². The van der Waals surface area contributed by atoms with Gasteiger partial charge in [-0.15, -0.1) is 0 Å². The van der Waals surface area contributed by atoms with Gasteiger partial charge in [0.15, 0.2) is 0 Å². The summed E-state index contributed by atoms with van der Waals surface area (Å²) in [6.45, 7) is 2.02. The van der Waals surface area contributed by atoms with Gasteiger partial charge in [0, 0.05) is 0 Å². The van der Waals surface area contributed by atoms with Crippen LogP contribution in [0.25, 0.3) is 0 Å². The van der Waals surface area contributed by atoms with Gasteiger partial charge < -0.3 is 19.8 Å². The molecule has 3 N–H and O–H groups in total. The maximum absolute atomic E-state index is 8.66. The summed E-state index contributed by atoms with van der Waals surface area (Å²) in [4.78, 5) is 0. The van der Waals surface area contributed by atoms with E-state index in [2.05, 4.69) is 6.07 Å². The van der Waals surface area contributed by atoms with Crippen molar-refractivity contribution in [3.05, 3.63) is 59.7 Å². The molecule has 2 rings (SSSR count). The summed E-state index contributed by atoms with van der Waals surface area (Å²) >= 11 is 0. The fourth-order valence-electron chi connectivity index (χ4n) is 1.41. The van der Waals surface area contributed by atoms with Crippen LogP contribution < -0.4 is 4.74 Å². The van der Waals surface area contributed by atoms with E-state index >= 15 is 0 Å². The third-order valence-electron chi connectivity index (χ3n) is 2.21. The summed E-state index contributed by atoms with van der Waals surface area (Å²) in [5.74, 6) is 1.55. The van der Waals surface area contributed by atoms with Crippen molar-refractivity contribution in [3.8, 4) is 17.6 Å². The molecule has 0 aliphatic carbocycles. The highest BCUT2D eigenvalue weighted by Gasteiger charge is 1.97. The average Bonchev–Trinajstić information content (AvgIpc) is 2.39. The average molecular weight is 271 g/mol. The van der Waals surface area contributed by atoms with Gasteiger partial charge in [0.2, 0.25) is 0 Å². The fourth-order valence-corrected chi connectivity index (χ4v) is 1.41. The van der Waals surface area contributed by atoms with Crippen LogP contribution in [0.15, 0.2) is 48.5 Å². The summed E-state index contributed by atoms with van der Waals surface area (Å²) < 4.78 is 5.65. The van der Waals surface area contributed by atoms with E-state index in [1.807, 2.05) is 31.2 Å². The lowest BCUT2D eigenvalue weighted by molar-refractivity contribution is 0.278. The van der Waals surface area contributed by atoms with E-state index in [4.69, 9.17) is 25.1 Å². The Morgan fingerprint density at radius 2 is 1.60 bits per heavy atom. The number of nitriles is 1. The molecule has 0 amide bonds. The van der Waals surface area contributed by atoms with Crippen LogP contribution >= 0.6 is 0 Å². The van der Waals surface area contributed by atoms with E-state index in [9.17, 15) is 0 Å². The second-order valence-corrected chi connectivity index (χ2v) is 3.90. The molecule has 20 heavy (non-hydrogen) atoms. The van der Waals surface area contributed by atoms with Gasteiger partial charge >= 0.3 is 7.32 Å². The molecule has 0 heterocycles. The zero-order valence-corrected chi connectivity index (χ0v) is 10.9. The predicted octanol–water partition coefficient (Wildman–Crippen LogP) is 1.61. The molecule has 0 radical (unpaired) electrons. The van der Waals surface area contributed by atoms with Crippen molar-refractivity contribution in [2.24, 2.45) is 0 Å². The smallest absolute Gasteiger partial charge is 0.457 e. The van der Waals surface area contributed by atoms with Crippen LogP contribution in [0.4, 0.5) is 0 Å². The molecule has 2 aromatic rings. The van der Waals surface area contributed by atoms with Gasteiger partial charge in [0.05, 0.1) is 11.6 Å². The Bertz CT molecular complexity index is 576. The quantitative estimate of drug-likeness (QED) is 0.721. The Morgan fingerprint density at radius 1 is 1.00 bits per heavy atom. The van der Waals surface area contributed by atoms with Crippen molar-refractivity contribution in [3.63, 3.8) is 0 Å². The molecular weight excluding hydrogens is 257 g/mol. The monoisotopic (exact) mass is 271 g/mol. The molecule has 0 saturated carbocycles. The minimum atomic E-state index is -2.17. The molecule has 0 atom stereocenters. The highest BCUT2D eigenvalue weighted by molar-refractivity contribution is 6.30. The van der Waals surface area contributed by atoms with Crippen molar-refractivity contribution >= 4 is 7.32 Å². The first-order valence-corrected chi connectivity index (χ1v) is 5.80. The van der Waals surface area contributed by atoms with Crippen LogP contribution in [0.3, 0.4) is 0 Å². The number of nitrogens with zero attached hydrogens (tertiary/aromatic N) is 1. The number of rotatable bonds is 2. The van der Waals surface area contributed by atoms with Crippen LogP contribution in [0.1, 0.15) is 11.1 Å². The Labute approximate surface area is 117 Å². The summed E-state index contributed by atoms with van der Waals surface area (Å²) in [6.07, 6.45) is 0. The second kappa shape index (κ2) is 7.97. The van der Waals surface area contributed by atoms with Crippen molar-refractivity contribution in [2.45, 2.75) is 6.92 Å². The summed E-state index contributed by atoms with van der Waals surface area (Å²) in [6, 6.07) is 17.0. The van der Waals surface area contributed by atoms with Crippen molar-refractivity contribution in [1.82, 2.24) is 0 Å². The summed E-state index contributed by atoms with van der Waals surface area (Å²) in [5, 5.41) is 30.2. The lowest BCUT2D eigenvalue weighted by Gasteiger charge is -2.05. The molecule has 0 spiro atoms. The Morgan fingerprint density at radius 3 is 2.10 bits per heavy atom. The maximum atomic E-state index is 8.66. The molecule has 0 aliphatic heterocycles. The van der Waals surface area contributed by atoms with Crippen LogP contribution in [-0.4, -0.2) is 22.4 Å². The molecule has 0 saturated heterocycles. The Hall–Kier alpha value is -2.33. The van der Waals surface area contributed by atoms with Crippen molar-refractivity contribution < 1.29 is 19.8 Å². The standard InChI is InChI=1S/C14H11NO.BH3O3/c1-11-3-2-4-14(9-11)16-13-7-5-12(10-15)6-8-13;2-1(3)4/h2-9H,1H3;2-4H. The number of hydrogen-bond donors (Lipinski definition) is 3. The van der Waals surface area contributed by atoms with Gasteiger partial charge in [-0.25, -0.2) is 0 Å². The predicted molar refractivity (Wildman–Crippen MR) is 74.8 cm³/mol. The Kier molecular flexibility index (Phi) is 6.27. The SMILES string of the molecule is Cc1cccc(Oc2ccc(C#N)cc2)c1.OB(O)O. The summed E-state index contributed by atoms with van der Waals surface area (Å²) in [5.41, 5.74) is 1.79. The largest absolute Gasteiger partial charge is 0.631 e. The highest BCUT2D eigenvalue weighted by atomic mass is 16.5. The molecule has 2 aromatic carbocycles. The third-order valence-corrected chi connectivity index (χ3v) is 2.21. The molecular formula is C14H14BNO4. The minimum Gasteiger partial charge on any atom is -0.457 e. The number of ether oxygens (including phenoxy) is 1. The maximum Gasteiger partial charge on any atom is 0.631 e. The van der Waals surface area contributed by atoms with Crippen molar-refractivity contribution in [2.75, 3.05) is 0 Å². The lowest BCUT2D eigenvalue weighted by atomic mass is 10.2. The molecule has 0 fully saturated rings. The zero-order chi connectivity index (χ0) is 15.0.